The molecule has 0 spiro atoms. The number of hydrogen-bond donors (Lipinski definition) is 2. The summed E-state index contributed by atoms with van der Waals surface area (Å²) in [6.45, 7) is 2.18. The summed E-state index contributed by atoms with van der Waals surface area (Å²) in [5.74, 6) is -0.848. The molecule has 1 saturated carbocycles. The topological polar surface area (TPSA) is 83.5 Å². The van der Waals surface area contributed by atoms with E-state index in [4.69, 9.17) is 11.6 Å². The fourth-order valence-electron chi connectivity index (χ4n) is 3.29. The first-order chi connectivity index (χ1) is 11.2. The number of carbonyl (C=O) groups is 1. The van der Waals surface area contributed by atoms with Crippen LogP contribution in [0.3, 0.4) is 0 Å². The van der Waals surface area contributed by atoms with Crippen molar-refractivity contribution in [3.8, 4) is 5.75 Å². The standard InChI is InChI=1S/C17H24ClNO4S/c1-17(6-4-3-5-7-17)13-8-12(11-19-15(20)10-18)16(21)14(9-13)24(2,22)23/h8-9,21H,3-7,10-11H2,1-2H3,(H,19,20). The predicted molar refractivity (Wildman–Crippen MR) is 94.2 cm³/mol. The van der Waals surface area contributed by atoms with Gasteiger partial charge >= 0.3 is 0 Å². The van der Waals surface area contributed by atoms with E-state index in [1.807, 2.05) is 6.07 Å². The lowest BCUT2D eigenvalue weighted by Crippen LogP contribution is -2.27. The number of aromatic hydroxyl groups is 1. The number of nitrogens with one attached hydrogen (secondary N) is 1. The molecule has 24 heavy (non-hydrogen) atoms. The van der Waals surface area contributed by atoms with Crippen LogP contribution in [0.5, 0.6) is 5.75 Å². The molecule has 7 heteroatoms. The van der Waals surface area contributed by atoms with Gasteiger partial charge in [0, 0.05) is 18.4 Å². The van der Waals surface area contributed by atoms with Crippen molar-refractivity contribution in [3.05, 3.63) is 23.3 Å². The van der Waals surface area contributed by atoms with Crippen molar-refractivity contribution in [1.29, 1.82) is 0 Å². The van der Waals surface area contributed by atoms with Gasteiger partial charge in [-0.2, -0.15) is 0 Å². The van der Waals surface area contributed by atoms with Crippen LogP contribution in [0, 0.1) is 0 Å². The Hall–Kier alpha value is -1.27. The van der Waals surface area contributed by atoms with Crippen molar-refractivity contribution in [2.45, 2.75) is 55.9 Å². The Labute approximate surface area is 148 Å². The number of halogens is 1. The molecule has 0 aliphatic heterocycles. The van der Waals surface area contributed by atoms with Gasteiger partial charge in [0.1, 0.15) is 16.5 Å². The third-order valence-electron chi connectivity index (χ3n) is 4.80. The Morgan fingerprint density at radius 1 is 1.29 bits per heavy atom. The SMILES string of the molecule is CC1(c2cc(CNC(=O)CCl)c(O)c(S(C)(=O)=O)c2)CCCCC1. The summed E-state index contributed by atoms with van der Waals surface area (Å²) in [7, 11) is -3.58. The molecule has 1 amide bonds. The summed E-state index contributed by atoms with van der Waals surface area (Å²) >= 11 is 5.47. The second kappa shape index (κ2) is 7.31. The molecule has 1 fully saturated rings. The number of rotatable bonds is 5. The maximum absolute atomic E-state index is 12.1. The molecule has 1 aliphatic carbocycles. The van der Waals surface area contributed by atoms with Gasteiger partial charge in [0.15, 0.2) is 9.84 Å². The number of alkyl halides is 1. The maximum Gasteiger partial charge on any atom is 0.235 e. The van der Waals surface area contributed by atoms with Crippen LogP contribution in [0.25, 0.3) is 0 Å². The molecule has 134 valence electrons. The molecule has 2 rings (SSSR count). The molecule has 0 bridgehead atoms. The van der Waals surface area contributed by atoms with Gasteiger partial charge in [-0.1, -0.05) is 26.2 Å². The van der Waals surface area contributed by atoms with Crippen molar-refractivity contribution in [2.75, 3.05) is 12.1 Å². The van der Waals surface area contributed by atoms with E-state index in [-0.39, 0.29) is 34.4 Å². The van der Waals surface area contributed by atoms with Gasteiger partial charge < -0.3 is 10.4 Å². The lowest BCUT2D eigenvalue weighted by Gasteiger charge is -2.35. The lowest BCUT2D eigenvalue weighted by atomic mass is 9.71. The number of benzene rings is 1. The fourth-order valence-corrected chi connectivity index (χ4v) is 4.21. The Balaban J connectivity index is 2.49. The summed E-state index contributed by atoms with van der Waals surface area (Å²) in [6, 6.07) is 3.40. The Morgan fingerprint density at radius 3 is 2.46 bits per heavy atom. The number of sulfone groups is 1. The molecular formula is C17H24ClNO4S. The summed E-state index contributed by atoms with van der Waals surface area (Å²) < 4.78 is 24.1. The normalized spacial score (nSPS) is 17.5. The largest absolute Gasteiger partial charge is 0.506 e. The van der Waals surface area contributed by atoms with Gasteiger partial charge in [-0.3, -0.25) is 4.79 Å². The number of carbonyl (C=O) groups excluding carboxylic acids is 1. The van der Waals surface area contributed by atoms with Crippen molar-refractivity contribution < 1.29 is 18.3 Å². The zero-order valence-corrected chi connectivity index (χ0v) is 15.6. The van der Waals surface area contributed by atoms with Crippen LogP contribution in [0.1, 0.15) is 50.2 Å². The third-order valence-corrected chi connectivity index (χ3v) is 6.16. The minimum absolute atomic E-state index is 0.0455. The van der Waals surface area contributed by atoms with Gasteiger partial charge in [-0.25, -0.2) is 8.42 Å². The van der Waals surface area contributed by atoms with Crippen LogP contribution in [0.2, 0.25) is 0 Å². The second-order valence-electron chi connectivity index (χ2n) is 6.79. The fraction of sp³-hybridized carbons (Fsp3) is 0.588. The highest BCUT2D eigenvalue weighted by Crippen LogP contribution is 2.42. The first-order valence-corrected chi connectivity index (χ1v) is 10.5. The highest BCUT2D eigenvalue weighted by Gasteiger charge is 2.31. The number of amides is 1. The summed E-state index contributed by atoms with van der Waals surface area (Å²) in [5.41, 5.74) is 1.19. The Bertz CT molecular complexity index is 724. The monoisotopic (exact) mass is 373 g/mol. The van der Waals surface area contributed by atoms with Crippen molar-refractivity contribution in [1.82, 2.24) is 5.32 Å². The average molecular weight is 374 g/mol. The number of phenolic OH excluding ortho intramolecular Hbond substituents is 1. The van der Waals surface area contributed by atoms with Gasteiger partial charge in [-0.15, -0.1) is 11.6 Å². The van der Waals surface area contributed by atoms with Crippen LogP contribution in [0.15, 0.2) is 17.0 Å². The number of phenols is 1. The molecule has 1 aromatic rings. The molecule has 5 nitrogen and oxygen atoms in total. The van der Waals surface area contributed by atoms with Crippen LogP contribution in [-0.4, -0.2) is 31.6 Å². The molecule has 1 aliphatic rings. The second-order valence-corrected chi connectivity index (χ2v) is 9.04. The minimum atomic E-state index is -3.58. The molecular weight excluding hydrogens is 350 g/mol. The first-order valence-electron chi connectivity index (χ1n) is 8.06. The Morgan fingerprint density at radius 2 is 1.92 bits per heavy atom. The van der Waals surface area contributed by atoms with Gasteiger partial charge in [0.2, 0.25) is 5.91 Å². The van der Waals surface area contributed by atoms with Crippen LogP contribution in [0.4, 0.5) is 0 Å². The summed E-state index contributed by atoms with van der Waals surface area (Å²) in [6.07, 6.45) is 6.43. The van der Waals surface area contributed by atoms with Crippen molar-refractivity contribution >= 4 is 27.3 Å². The van der Waals surface area contributed by atoms with Crippen LogP contribution >= 0.6 is 11.6 Å². The zero-order valence-electron chi connectivity index (χ0n) is 14.1. The lowest BCUT2D eigenvalue weighted by molar-refractivity contribution is -0.118. The molecule has 0 unspecified atom stereocenters. The summed E-state index contributed by atoms with van der Waals surface area (Å²) in [4.78, 5) is 11.3. The minimum Gasteiger partial charge on any atom is -0.506 e. The van der Waals surface area contributed by atoms with Crippen molar-refractivity contribution in [3.63, 3.8) is 0 Å². The zero-order chi connectivity index (χ0) is 18.0. The van der Waals surface area contributed by atoms with Crippen LogP contribution < -0.4 is 5.32 Å². The highest BCUT2D eigenvalue weighted by atomic mass is 35.5. The smallest absolute Gasteiger partial charge is 0.235 e. The van der Waals surface area contributed by atoms with E-state index in [0.717, 1.165) is 37.5 Å². The highest BCUT2D eigenvalue weighted by molar-refractivity contribution is 7.90. The molecule has 0 heterocycles. The van der Waals surface area contributed by atoms with Crippen LogP contribution in [-0.2, 0) is 26.6 Å². The van der Waals surface area contributed by atoms with E-state index < -0.39 is 9.84 Å². The maximum atomic E-state index is 12.1. The van der Waals surface area contributed by atoms with Gasteiger partial charge in [-0.05, 0) is 36.0 Å². The molecule has 2 N–H and O–H groups in total. The van der Waals surface area contributed by atoms with E-state index in [9.17, 15) is 18.3 Å². The van der Waals surface area contributed by atoms with Gasteiger partial charge in [0.25, 0.3) is 0 Å². The van der Waals surface area contributed by atoms with Crippen molar-refractivity contribution in [2.24, 2.45) is 0 Å². The quantitative estimate of drug-likeness (QED) is 0.777. The molecule has 0 aromatic heterocycles. The average Bonchev–Trinajstić information content (AvgIpc) is 2.53. The van der Waals surface area contributed by atoms with Gasteiger partial charge in [0.05, 0.1) is 0 Å². The molecule has 0 atom stereocenters. The molecule has 1 aromatic carbocycles. The van der Waals surface area contributed by atoms with E-state index in [1.165, 1.54) is 6.42 Å². The molecule has 0 radical (unpaired) electrons. The van der Waals surface area contributed by atoms with E-state index in [0.29, 0.717) is 5.56 Å². The molecule has 0 saturated heterocycles. The summed E-state index contributed by atoms with van der Waals surface area (Å²) in [5, 5.41) is 12.9. The van der Waals surface area contributed by atoms with E-state index in [2.05, 4.69) is 12.2 Å². The predicted octanol–water partition coefficient (Wildman–Crippen LogP) is 2.87. The Kier molecular flexibility index (Phi) is 5.81. The number of hydrogen-bond acceptors (Lipinski definition) is 4. The first kappa shape index (κ1) is 19.1. The third kappa shape index (κ3) is 4.22. The van der Waals surface area contributed by atoms with E-state index >= 15 is 0 Å². The van der Waals surface area contributed by atoms with E-state index in [1.54, 1.807) is 6.07 Å².